The predicted octanol–water partition coefficient (Wildman–Crippen LogP) is 3.97. The van der Waals surface area contributed by atoms with Gasteiger partial charge in [0.2, 0.25) is 10.1 Å². The number of β-amino-alcohol motifs (C(OH)–C–C–N with tert-alkyl or cyclic N) is 1. The highest BCUT2D eigenvalue weighted by Gasteiger charge is 2.22. The largest absolute Gasteiger partial charge is 0.387 e. The molecule has 0 radical (unpaired) electrons. The van der Waals surface area contributed by atoms with E-state index in [1.807, 2.05) is 65.3 Å². The van der Waals surface area contributed by atoms with Crippen molar-refractivity contribution in [3.8, 4) is 11.3 Å². The van der Waals surface area contributed by atoms with E-state index in [1.165, 1.54) is 0 Å². The summed E-state index contributed by atoms with van der Waals surface area (Å²) in [7, 11) is 0. The Morgan fingerprint density at radius 2 is 1.73 bits per heavy atom. The number of anilines is 1. The van der Waals surface area contributed by atoms with Crippen molar-refractivity contribution >= 4 is 33.0 Å². The summed E-state index contributed by atoms with van der Waals surface area (Å²) in [5.41, 5.74) is 2.90. The first kappa shape index (κ1) is 19.5. The zero-order valence-corrected chi connectivity index (χ0v) is 17.9. The van der Waals surface area contributed by atoms with Crippen LogP contribution in [0.15, 0.2) is 60.8 Å². The molecule has 0 aliphatic carbocycles. The second-order valence-corrected chi connectivity index (χ2v) is 8.83. The second kappa shape index (κ2) is 8.35. The van der Waals surface area contributed by atoms with E-state index in [0.29, 0.717) is 6.54 Å². The number of imidazole rings is 1. The minimum Gasteiger partial charge on any atom is -0.387 e. The Hall–Kier alpha value is -2.45. The first-order valence-electron chi connectivity index (χ1n) is 9.98. The van der Waals surface area contributed by atoms with E-state index in [-0.39, 0.29) is 0 Å². The topological polar surface area (TPSA) is 56.9 Å². The molecule has 1 N–H and O–H groups in total. The molecule has 154 valence electrons. The number of halogens is 1. The van der Waals surface area contributed by atoms with Crippen molar-refractivity contribution in [2.75, 3.05) is 37.6 Å². The number of aliphatic hydroxyl groups is 1. The van der Waals surface area contributed by atoms with Crippen LogP contribution in [0.1, 0.15) is 11.7 Å². The van der Waals surface area contributed by atoms with Crippen molar-refractivity contribution < 1.29 is 5.11 Å². The molecule has 0 saturated carbocycles. The van der Waals surface area contributed by atoms with Gasteiger partial charge in [-0.3, -0.25) is 4.90 Å². The number of aromatic nitrogens is 3. The van der Waals surface area contributed by atoms with Gasteiger partial charge in [0.25, 0.3) is 0 Å². The lowest BCUT2D eigenvalue weighted by Gasteiger charge is -2.35. The highest BCUT2D eigenvalue weighted by Crippen LogP contribution is 2.28. The van der Waals surface area contributed by atoms with Gasteiger partial charge in [-0.25, -0.2) is 9.50 Å². The van der Waals surface area contributed by atoms with Crippen LogP contribution in [0.3, 0.4) is 0 Å². The zero-order chi connectivity index (χ0) is 20.5. The molecule has 1 saturated heterocycles. The number of hydrogen-bond acceptors (Lipinski definition) is 6. The van der Waals surface area contributed by atoms with E-state index in [2.05, 4.69) is 9.80 Å². The zero-order valence-electron chi connectivity index (χ0n) is 16.4. The van der Waals surface area contributed by atoms with Gasteiger partial charge in [0.1, 0.15) is 0 Å². The summed E-state index contributed by atoms with van der Waals surface area (Å²) in [5, 5.41) is 16.9. The maximum absolute atomic E-state index is 10.5. The molecule has 0 amide bonds. The lowest BCUT2D eigenvalue weighted by atomic mass is 10.1. The van der Waals surface area contributed by atoms with Gasteiger partial charge in [-0.15, -0.1) is 5.10 Å². The van der Waals surface area contributed by atoms with Crippen molar-refractivity contribution in [2.45, 2.75) is 6.10 Å². The molecule has 0 spiro atoms. The quantitative estimate of drug-likeness (QED) is 0.510. The number of hydrogen-bond donors (Lipinski definition) is 1. The fourth-order valence-electron chi connectivity index (χ4n) is 3.72. The lowest BCUT2D eigenvalue weighted by Crippen LogP contribution is -2.47. The van der Waals surface area contributed by atoms with Crippen LogP contribution in [-0.4, -0.2) is 57.3 Å². The van der Waals surface area contributed by atoms with E-state index < -0.39 is 6.10 Å². The molecule has 2 aromatic heterocycles. The third-order valence-electron chi connectivity index (χ3n) is 5.43. The third kappa shape index (κ3) is 4.06. The van der Waals surface area contributed by atoms with Gasteiger partial charge < -0.3 is 10.0 Å². The fourth-order valence-corrected chi connectivity index (χ4v) is 4.78. The molecule has 1 unspecified atom stereocenters. The molecule has 6 nitrogen and oxygen atoms in total. The minimum atomic E-state index is -0.452. The Balaban J connectivity index is 1.22. The summed E-state index contributed by atoms with van der Waals surface area (Å²) >= 11 is 7.58. The maximum atomic E-state index is 10.5. The van der Waals surface area contributed by atoms with Gasteiger partial charge in [0, 0.05) is 43.3 Å². The van der Waals surface area contributed by atoms with Crippen LogP contribution in [-0.2, 0) is 0 Å². The number of fused-ring (bicyclic) bond motifs is 1. The van der Waals surface area contributed by atoms with Crippen molar-refractivity contribution in [1.82, 2.24) is 19.5 Å². The first-order valence-corrected chi connectivity index (χ1v) is 11.2. The van der Waals surface area contributed by atoms with Gasteiger partial charge in [-0.05, 0) is 17.7 Å². The van der Waals surface area contributed by atoms with E-state index in [4.69, 9.17) is 21.7 Å². The smallest absolute Gasteiger partial charge is 0.214 e. The Morgan fingerprint density at radius 3 is 2.43 bits per heavy atom. The molecule has 3 heterocycles. The Labute approximate surface area is 184 Å². The third-order valence-corrected chi connectivity index (χ3v) is 6.67. The Kier molecular flexibility index (Phi) is 5.43. The van der Waals surface area contributed by atoms with Crippen LogP contribution >= 0.6 is 22.9 Å². The van der Waals surface area contributed by atoms with E-state index in [9.17, 15) is 5.11 Å². The number of nitrogens with zero attached hydrogens (tertiary/aromatic N) is 5. The van der Waals surface area contributed by atoms with Crippen LogP contribution < -0.4 is 4.90 Å². The summed E-state index contributed by atoms with van der Waals surface area (Å²) in [4.78, 5) is 10.2. The molecule has 8 heteroatoms. The number of piperazine rings is 1. The van der Waals surface area contributed by atoms with Crippen molar-refractivity contribution in [1.29, 1.82) is 0 Å². The molecule has 1 aliphatic rings. The van der Waals surface area contributed by atoms with E-state index >= 15 is 0 Å². The summed E-state index contributed by atoms with van der Waals surface area (Å²) in [6.07, 6.45) is 1.51. The molecular formula is C22H22ClN5OS. The molecule has 30 heavy (non-hydrogen) atoms. The molecule has 4 aromatic rings. The summed E-state index contributed by atoms with van der Waals surface area (Å²) in [5.74, 6) is 0. The highest BCUT2D eigenvalue weighted by molar-refractivity contribution is 7.20. The molecular weight excluding hydrogens is 418 g/mol. The molecule has 2 aromatic carbocycles. The standard InChI is InChI=1S/C22H22ClN5OS/c23-18-8-6-16(7-9-18)19-14-28-21(24-19)30-22(25-28)27-12-10-26(11-13-27)15-20(29)17-4-2-1-3-5-17/h1-9,14,20,29H,10-13,15H2. The van der Waals surface area contributed by atoms with Crippen LogP contribution in [0.5, 0.6) is 0 Å². The molecule has 1 aliphatic heterocycles. The van der Waals surface area contributed by atoms with Crippen LogP contribution in [0.2, 0.25) is 5.02 Å². The van der Waals surface area contributed by atoms with Gasteiger partial charge in [-0.1, -0.05) is 65.4 Å². The SMILES string of the molecule is OC(CN1CCN(c2nn3cc(-c4ccc(Cl)cc4)nc3s2)CC1)c1ccccc1. The van der Waals surface area contributed by atoms with Crippen molar-refractivity contribution in [3.05, 3.63) is 71.4 Å². The average molecular weight is 440 g/mol. The molecule has 1 atom stereocenters. The average Bonchev–Trinajstić information content (AvgIpc) is 3.35. The van der Waals surface area contributed by atoms with Gasteiger partial charge in [0.15, 0.2) is 0 Å². The molecule has 1 fully saturated rings. The fraction of sp³-hybridized carbons (Fsp3) is 0.273. The summed E-state index contributed by atoms with van der Waals surface area (Å²) in [6, 6.07) is 17.5. The van der Waals surface area contributed by atoms with Gasteiger partial charge in [0.05, 0.1) is 18.0 Å². The Bertz CT molecular complexity index is 1090. The normalized spacial score (nSPS) is 16.3. The maximum Gasteiger partial charge on any atom is 0.214 e. The number of aliphatic hydroxyl groups excluding tert-OH is 1. The number of benzene rings is 2. The monoisotopic (exact) mass is 439 g/mol. The summed E-state index contributed by atoms with van der Waals surface area (Å²) < 4.78 is 1.86. The van der Waals surface area contributed by atoms with E-state index in [0.717, 1.165) is 58.1 Å². The van der Waals surface area contributed by atoms with Crippen molar-refractivity contribution in [2.24, 2.45) is 0 Å². The van der Waals surface area contributed by atoms with Crippen LogP contribution in [0, 0.1) is 0 Å². The van der Waals surface area contributed by atoms with Crippen LogP contribution in [0.4, 0.5) is 5.13 Å². The molecule has 0 bridgehead atoms. The van der Waals surface area contributed by atoms with Crippen LogP contribution in [0.25, 0.3) is 16.2 Å². The van der Waals surface area contributed by atoms with E-state index in [1.54, 1.807) is 11.3 Å². The highest BCUT2D eigenvalue weighted by atomic mass is 35.5. The molecule has 5 rings (SSSR count). The van der Waals surface area contributed by atoms with Gasteiger partial charge in [-0.2, -0.15) is 0 Å². The second-order valence-electron chi connectivity index (χ2n) is 7.46. The van der Waals surface area contributed by atoms with Gasteiger partial charge >= 0.3 is 0 Å². The lowest BCUT2D eigenvalue weighted by molar-refractivity contribution is 0.109. The summed E-state index contributed by atoms with van der Waals surface area (Å²) in [6.45, 7) is 4.25. The minimum absolute atomic E-state index is 0.452. The Morgan fingerprint density at radius 1 is 1.00 bits per heavy atom. The first-order chi connectivity index (χ1) is 14.7. The number of rotatable bonds is 5. The van der Waals surface area contributed by atoms with Crippen molar-refractivity contribution in [3.63, 3.8) is 0 Å². The predicted molar refractivity (Wildman–Crippen MR) is 121 cm³/mol.